The van der Waals surface area contributed by atoms with Crippen molar-refractivity contribution >= 4 is 0 Å². The van der Waals surface area contributed by atoms with Crippen molar-refractivity contribution in [3.63, 3.8) is 0 Å². The molecular weight excluding hydrogens is 228 g/mol. The van der Waals surface area contributed by atoms with Crippen molar-refractivity contribution < 1.29 is 9.84 Å². The molecule has 4 nitrogen and oxygen atoms in total. The molecule has 1 saturated carbocycles. The van der Waals surface area contributed by atoms with Crippen LogP contribution in [0.15, 0.2) is 0 Å². The maximum absolute atomic E-state index is 9.57. The third-order valence-corrected chi connectivity index (χ3v) is 4.11. The van der Waals surface area contributed by atoms with Crippen molar-refractivity contribution in [2.45, 2.75) is 44.7 Å². The van der Waals surface area contributed by atoms with Crippen LogP contribution in [0.5, 0.6) is 0 Å². The van der Waals surface area contributed by atoms with E-state index in [9.17, 15) is 5.11 Å². The highest BCUT2D eigenvalue weighted by atomic mass is 16.5. The van der Waals surface area contributed by atoms with Crippen LogP contribution in [0.2, 0.25) is 0 Å². The second kappa shape index (κ2) is 7.43. The molecule has 108 valence electrons. The van der Waals surface area contributed by atoms with Gasteiger partial charge in [-0.2, -0.15) is 0 Å². The van der Waals surface area contributed by atoms with Crippen molar-refractivity contribution in [3.05, 3.63) is 0 Å². The Balaban J connectivity index is 2.58. The lowest BCUT2D eigenvalue weighted by Gasteiger charge is -2.32. The molecule has 1 aliphatic carbocycles. The molecule has 4 heteroatoms. The summed E-state index contributed by atoms with van der Waals surface area (Å²) in [6.45, 7) is 7.64. The van der Waals surface area contributed by atoms with Crippen molar-refractivity contribution in [1.29, 1.82) is 0 Å². The topological polar surface area (TPSA) is 44.7 Å². The van der Waals surface area contributed by atoms with E-state index in [1.807, 2.05) is 7.05 Å². The molecule has 0 radical (unpaired) electrons. The van der Waals surface area contributed by atoms with Gasteiger partial charge in [0.05, 0.1) is 13.2 Å². The van der Waals surface area contributed by atoms with Gasteiger partial charge in [-0.25, -0.2) is 0 Å². The summed E-state index contributed by atoms with van der Waals surface area (Å²) in [4.78, 5) is 2.53. The van der Waals surface area contributed by atoms with Crippen molar-refractivity contribution in [3.8, 4) is 0 Å². The van der Waals surface area contributed by atoms with E-state index in [1.54, 1.807) is 7.11 Å². The Bertz CT molecular complexity index is 230. The van der Waals surface area contributed by atoms with Crippen LogP contribution in [0, 0.1) is 5.92 Å². The van der Waals surface area contributed by atoms with Crippen LogP contribution in [0.1, 0.15) is 33.1 Å². The van der Waals surface area contributed by atoms with Crippen molar-refractivity contribution in [2.24, 2.45) is 5.92 Å². The average molecular weight is 258 g/mol. The second-order valence-corrected chi connectivity index (χ2v) is 5.97. The SMILES string of the molecule is CNC1(CO)CCC(N(CCOC)CC(C)C)C1. The second-order valence-electron chi connectivity index (χ2n) is 5.97. The standard InChI is InChI=1S/C14H30N2O2/c1-12(2)10-16(7-8-18-4)13-5-6-14(9-13,11-17)15-3/h12-13,15,17H,5-11H2,1-4H3. The van der Waals surface area contributed by atoms with Gasteiger partial charge in [-0.3, -0.25) is 4.90 Å². The van der Waals surface area contributed by atoms with Gasteiger partial charge in [0.25, 0.3) is 0 Å². The summed E-state index contributed by atoms with van der Waals surface area (Å²) in [6.07, 6.45) is 3.26. The Kier molecular flexibility index (Phi) is 6.57. The van der Waals surface area contributed by atoms with Crippen LogP contribution in [0.25, 0.3) is 0 Å². The van der Waals surface area contributed by atoms with E-state index in [0.717, 1.165) is 39.0 Å². The largest absolute Gasteiger partial charge is 0.394 e. The first-order chi connectivity index (χ1) is 8.56. The third-order valence-electron chi connectivity index (χ3n) is 4.11. The van der Waals surface area contributed by atoms with Gasteiger partial charge in [0.15, 0.2) is 0 Å². The number of nitrogens with zero attached hydrogens (tertiary/aromatic N) is 1. The molecular formula is C14H30N2O2. The number of aliphatic hydroxyl groups excluding tert-OH is 1. The highest BCUT2D eigenvalue weighted by Gasteiger charge is 2.39. The molecule has 0 saturated heterocycles. The maximum atomic E-state index is 9.57. The number of likely N-dealkylation sites (N-methyl/N-ethyl adjacent to an activating group) is 1. The minimum absolute atomic E-state index is 0.0625. The molecule has 2 atom stereocenters. The Morgan fingerprint density at radius 1 is 1.50 bits per heavy atom. The van der Waals surface area contributed by atoms with Gasteiger partial charge in [0.2, 0.25) is 0 Å². The Labute approximate surface area is 112 Å². The number of rotatable bonds is 8. The summed E-state index contributed by atoms with van der Waals surface area (Å²) >= 11 is 0. The lowest BCUT2D eigenvalue weighted by atomic mass is 9.98. The van der Waals surface area contributed by atoms with Gasteiger partial charge in [-0.15, -0.1) is 0 Å². The van der Waals surface area contributed by atoms with Crippen LogP contribution >= 0.6 is 0 Å². The molecule has 1 rings (SSSR count). The van der Waals surface area contributed by atoms with E-state index in [2.05, 4.69) is 24.1 Å². The summed E-state index contributed by atoms with van der Waals surface area (Å²) in [7, 11) is 3.72. The van der Waals surface area contributed by atoms with E-state index in [0.29, 0.717) is 12.0 Å². The first kappa shape index (κ1) is 15.9. The molecule has 0 spiro atoms. The van der Waals surface area contributed by atoms with E-state index in [-0.39, 0.29) is 12.1 Å². The lowest BCUT2D eigenvalue weighted by Crippen LogP contribution is -2.47. The number of hydrogen-bond donors (Lipinski definition) is 2. The first-order valence-corrected chi connectivity index (χ1v) is 7.09. The molecule has 0 aliphatic heterocycles. The lowest BCUT2D eigenvalue weighted by molar-refractivity contribution is 0.102. The van der Waals surface area contributed by atoms with E-state index < -0.39 is 0 Å². The van der Waals surface area contributed by atoms with Crippen LogP contribution in [-0.2, 0) is 4.74 Å². The molecule has 18 heavy (non-hydrogen) atoms. The fourth-order valence-electron chi connectivity index (χ4n) is 2.96. The highest BCUT2D eigenvalue weighted by Crippen LogP contribution is 2.32. The van der Waals surface area contributed by atoms with E-state index >= 15 is 0 Å². The molecule has 1 aliphatic rings. The molecule has 0 aromatic carbocycles. The minimum atomic E-state index is -0.0625. The quantitative estimate of drug-likeness (QED) is 0.684. The molecule has 0 heterocycles. The van der Waals surface area contributed by atoms with Gasteiger partial charge < -0.3 is 15.2 Å². The fourth-order valence-corrected chi connectivity index (χ4v) is 2.96. The zero-order valence-corrected chi connectivity index (χ0v) is 12.4. The average Bonchev–Trinajstić information content (AvgIpc) is 2.79. The molecule has 0 aromatic heterocycles. The van der Waals surface area contributed by atoms with Gasteiger partial charge >= 0.3 is 0 Å². The van der Waals surface area contributed by atoms with Crippen molar-refractivity contribution in [1.82, 2.24) is 10.2 Å². The predicted molar refractivity (Wildman–Crippen MR) is 74.8 cm³/mol. The molecule has 2 N–H and O–H groups in total. The Hall–Kier alpha value is -0.160. The van der Waals surface area contributed by atoms with Crippen LogP contribution in [0.4, 0.5) is 0 Å². The normalized spacial score (nSPS) is 28.5. The first-order valence-electron chi connectivity index (χ1n) is 7.09. The van der Waals surface area contributed by atoms with Gasteiger partial charge in [0, 0.05) is 31.8 Å². The number of ether oxygens (including phenoxy) is 1. The van der Waals surface area contributed by atoms with Crippen molar-refractivity contribution in [2.75, 3.05) is 40.5 Å². The number of aliphatic hydroxyl groups is 1. The number of nitrogens with one attached hydrogen (secondary N) is 1. The predicted octanol–water partition coefficient (Wildman–Crippen LogP) is 1.09. The number of methoxy groups -OCH3 is 1. The van der Waals surface area contributed by atoms with Crippen LogP contribution in [0.3, 0.4) is 0 Å². The zero-order valence-electron chi connectivity index (χ0n) is 12.4. The minimum Gasteiger partial charge on any atom is -0.394 e. The van der Waals surface area contributed by atoms with Gasteiger partial charge in [0.1, 0.15) is 0 Å². The monoisotopic (exact) mass is 258 g/mol. The molecule has 0 bridgehead atoms. The zero-order chi connectivity index (χ0) is 13.6. The summed E-state index contributed by atoms with van der Waals surface area (Å²) < 4.78 is 5.21. The smallest absolute Gasteiger partial charge is 0.0613 e. The molecule has 1 fully saturated rings. The Morgan fingerprint density at radius 2 is 2.22 bits per heavy atom. The molecule has 0 amide bonds. The fraction of sp³-hybridized carbons (Fsp3) is 1.00. The molecule has 0 aromatic rings. The van der Waals surface area contributed by atoms with Crippen LogP contribution < -0.4 is 5.32 Å². The third kappa shape index (κ3) is 4.19. The van der Waals surface area contributed by atoms with E-state index in [1.165, 1.54) is 0 Å². The Morgan fingerprint density at radius 3 is 2.67 bits per heavy atom. The summed E-state index contributed by atoms with van der Waals surface area (Å²) in [5, 5.41) is 12.9. The summed E-state index contributed by atoms with van der Waals surface area (Å²) in [5.74, 6) is 0.667. The number of hydrogen-bond acceptors (Lipinski definition) is 4. The maximum Gasteiger partial charge on any atom is 0.0613 e. The van der Waals surface area contributed by atoms with Gasteiger partial charge in [-0.1, -0.05) is 13.8 Å². The van der Waals surface area contributed by atoms with Gasteiger partial charge in [-0.05, 0) is 32.2 Å². The van der Waals surface area contributed by atoms with Crippen LogP contribution in [-0.4, -0.2) is 62.0 Å². The van der Waals surface area contributed by atoms with E-state index in [4.69, 9.17) is 4.74 Å². The summed E-state index contributed by atoms with van der Waals surface area (Å²) in [5.41, 5.74) is -0.0625. The molecule has 2 unspecified atom stereocenters. The highest BCUT2D eigenvalue weighted by molar-refractivity contribution is 4.98. The summed E-state index contributed by atoms with van der Waals surface area (Å²) in [6, 6.07) is 0.571.